The third kappa shape index (κ3) is 3.77. The molecule has 0 radical (unpaired) electrons. The van der Waals surface area contributed by atoms with Gasteiger partial charge >= 0.3 is 0 Å². The molecule has 16 heavy (non-hydrogen) atoms. The Hall–Kier alpha value is -1.16. The minimum absolute atomic E-state index is 0.201. The van der Waals surface area contributed by atoms with Gasteiger partial charge in [0, 0.05) is 19.2 Å². The van der Waals surface area contributed by atoms with Crippen molar-refractivity contribution < 1.29 is 4.79 Å². The minimum Gasteiger partial charge on any atom is -0.330 e. The maximum atomic E-state index is 11.8. The number of aromatic nitrogens is 2. The van der Waals surface area contributed by atoms with Gasteiger partial charge in [0.05, 0.1) is 0 Å². The van der Waals surface area contributed by atoms with Crippen LogP contribution in [0.5, 0.6) is 0 Å². The Kier molecular flexibility index (Phi) is 5.78. The molecule has 1 aromatic rings. The Morgan fingerprint density at radius 1 is 1.38 bits per heavy atom. The number of rotatable bonds is 8. The first-order valence-corrected chi connectivity index (χ1v) is 6.04. The number of nitrogens with zero attached hydrogens (tertiary/aromatic N) is 2. The largest absolute Gasteiger partial charge is 0.330 e. The summed E-state index contributed by atoms with van der Waals surface area (Å²) in [6.45, 7) is 3.49. The summed E-state index contributed by atoms with van der Waals surface area (Å²) in [7, 11) is 0. The molecule has 0 amide bonds. The van der Waals surface area contributed by atoms with E-state index in [2.05, 4.69) is 5.10 Å². The molecule has 90 valence electrons. The Bertz CT molecular complexity index is 320. The molecule has 0 atom stereocenters. The lowest BCUT2D eigenvalue weighted by molar-refractivity contribution is 0.0969. The summed E-state index contributed by atoms with van der Waals surface area (Å²) in [6, 6.07) is 1.80. The molecule has 0 aliphatic carbocycles. The van der Waals surface area contributed by atoms with Gasteiger partial charge in [0.25, 0.3) is 0 Å². The fourth-order valence-corrected chi connectivity index (χ4v) is 1.73. The summed E-state index contributed by atoms with van der Waals surface area (Å²) < 4.78 is 1.75. The molecule has 1 heterocycles. The van der Waals surface area contributed by atoms with Crippen molar-refractivity contribution in [3.63, 3.8) is 0 Å². The van der Waals surface area contributed by atoms with Crippen molar-refractivity contribution in [2.24, 2.45) is 5.73 Å². The van der Waals surface area contributed by atoms with Crippen molar-refractivity contribution in [3.05, 3.63) is 18.0 Å². The number of ketones is 1. The summed E-state index contributed by atoms with van der Waals surface area (Å²) in [6.07, 6.45) is 6.52. The van der Waals surface area contributed by atoms with Crippen molar-refractivity contribution in [1.82, 2.24) is 9.78 Å². The van der Waals surface area contributed by atoms with E-state index in [1.807, 2.05) is 6.92 Å². The van der Waals surface area contributed by atoms with Gasteiger partial charge in [-0.05, 0) is 32.4 Å². The fraction of sp³-hybridized carbons (Fsp3) is 0.667. The van der Waals surface area contributed by atoms with Crippen LogP contribution in [0.1, 0.15) is 49.5 Å². The molecule has 0 bridgehead atoms. The molecule has 4 heteroatoms. The van der Waals surface area contributed by atoms with Crippen LogP contribution in [0.2, 0.25) is 0 Å². The summed E-state index contributed by atoms with van der Waals surface area (Å²) in [5, 5.41) is 4.09. The van der Waals surface area contributed by atoms with Crippen LogP contribution in [0, 0.1) is 0 Å². The van der Waals surface area contributed by atoms with Crippen LogP contribution >= 0.6 is 0 Å². The lowest BCUT2D eigenvalue weighted by Crippen LogP contribution is -2.09. The highest BCUT2D eigenvalue weighted by molar-refractivity contribution is 5.94. The predicted octanol–water partition coefficient (Wildman–Crippen LogP) is 1.99. The van der Waals surface area contributed by atoms with E-state index >= 15 is 0 Å². The molecule has 0 aliphatic rings. The third-order valence-electron chi connectivity index (χ3n) is 2.66. The first-order valence-electron chi connectivity index (χ1n) is 6.04. The van der Waals surface area contributed by atoms with Gasteiger partial charge in [0.2, 0.25) is 0 Å². The number of Topliss-reactive ketones (excluding diaryl/α,β-unsaturated/α-hetero) is 1. The molecular weight excluding hydrogens is 202 g/mol. The molecule has 0 saturated carbocycles. The second-order valence-electron chi connectivity index (χ2n) is 3.91. The predicted molar refractivity (Wildman–Crippen MR) is 64.4 cm³/mol. The summed E-state index contributed by atoms with van der Waals surface area (Å²) in [4.78, 5) is 11.8. The number of carbonyl (C=O) groups is 1. The van der Waals surface area contributed by atoms with E-state index in [9.17, 15) is 4.79 Å². The number of unbranched alkanes of at least 4 members (excludes halogenated alkanes) is 3. The fourth-order valence-electron chi connectivity index (χ4n) is 1.73. The van der Waals surface area contributed by atoms with Gasteiger partial charge in [0.1, 0.15) is 5.69 Å². The second-order valence-corrected chi connectivity index (χ2v) is 3.91. The van der Waals surface area contributed by atoms with Crippen LogP contribution in [-0.4, -0.2) is 22.1 Å². The summed E-state index contributed by atoms with van der Waals surface area (Å²) >= 11 is 0. The molecule has 0 aliphatic heterocycles. The van der Waals surface area contributed by atoms with Gasteiger partial charge in [-0.2, -0.15) is 5.10 Å². The molecular formula is C12H21N3O. The average molecular weight is 223 g/mol. The molecule has 4 nitrogen and oxygen atoms in total. The van der Waals surface area contributed by atoms with Gasteiger partial charge in [-0.15, -0.1) is 0 Å². The highest BCUT2D eigenvalue weighted by Gasteiger charge is 2.10. The van der Waals surface area contributed by atoms with E-state index in [0.29, 0.717) is 6.42 Å². The number of hydrogen-bond acceptors (Lipinski definition) is 3. The van der Waals surface area contributed by atoms with Crippen LogP contribution in [0.15, 0.2) is 12.3 Å². The van der Waals surface area contributed by atoms with Crippen molar-refractivity contribution >= 4 is 5.78 Å². The topological polar surface area (TPSA) is 60.9 Å². The smallest absolute Gasteiger partial charge is 0.180 e. The first-order chi connectivity index (χ1) is 7.79. The van der Waals surface area contributed by atoms with Gasteiger partial charge in [-0.25, -0.2) is 0 Å². The Labute approximate surface area is 96.8 Å². The maximum Gasteiger partial charge on any atom is 0.180 e. The van der Waals surface area contributed by atoms with E-state index in [1.165, 1.54) is 0 Å². The summed E-state index contributed by atoms with van der Waals surface area (Å²) in [5.74, 6) is 0.201. The van der Waals surface area contributed by atoms with Crippen molar-refractivity contribution in [2.45, 2.75) is 45.6 Å². The highest BCUT2D eigenvalue weighted by Crippen LogP contribution is 2.08. The van der Waals surface area contributed by atoms with Crippen LogP contribution in [0.3, 0.4) is 0 Å². The molecule has 1 aromatic heterocycles. The SMILES string of the molecule is CCn1nccc1C(=O)CCCCCCN. The number of carbonyl (C=O) groups excluding carboxylic acids is 1. The van der Waals surface area contributed by atoms with Gasteiger partial charge in [0.15, 0.2) is 5.78 Å². The second kappa shape index (κ2) is 7.17. The molecule has 0 aromatic carbocycles. The highest BCUT2D eigenvalue weighted by atomic mass is 16.1. The zero-order valence-electron chi connectivity index (χ0n) is 9.98. The number of aryl methyl sites for hydroxylation is 1. The van der Waals surface area contributed by atoms with Gasteiger partial charge in [-0.1, -0.05) is 12.8 Å². The van der Waals surface area contributed by atoms with Crippen molar-refractivity contribution in [1.29, 1.82) is 0 Å². The summed E-state index contributed by atoms with van der Waals surface area (Å²) in [5.41, 5.74) is 6.14. The Morgan fingerprint density at radius 3 is 2.81 bits per heavy atom. The Morgan fingerprint density at radius 2 is 2.12 bits per heavy atom. The average Bonchev–Trinajstić information content (AvgIpc) is 2.76. The molecule has 1 rings (SSSR count). The zero-order valence-corrected chi connectivity index (χ0v) is 9.98. The van der Waals surface area contributed by atoms with E-state index < -0.39 is 0 Å². The molecule has 0 spiro atoms. The number of hydrogen-bond donors (Lipinski definition) is 1. The first kappa shape index (κ1) is 12.9. The van der Waals surface area contributed by atoms with Crippen LogP contribution < -0.4 is 5.73 Å². The molecule has 0 unspecified atom stereocenters. The van der Waals surface area contributed by atoms with E-state index in [1.54, 1.807) is 16.9 Å². The minimum atomic E-state index is 0.201. The lowest BCUT2D eigenvalue weighted by Gasteiger charge is -2.03. The van der Waals surface area contributed by atoms with Crippen LogP contribution in [0.4, 0.5) is 0 Å². The van der Waals surface area contributed by atoms with Crippen LogP contribution in [0.25, 0.3) is 0 Å². The van der Waals surface area contributed by atoms with Crippen molar-refractivity contribution in [2.75, 3.05) is 6.54 Å². The van der Waals surface area contributed by atoms with E-state index in [4.69, 9.17) is 5.73 Å². The standard InChI is InChI=1S/C12H21N3O/c1-2-15-11(8-10-14-15)12(16)7-5-3-4-6-9-13/h8,10H,2-7,9,13H2,1H3. The normalized spacial score (nSPS) is 10.6. The lowest BCUT2D eigenvalue weighted by atomic mass is 10.1. The van der Waals surface area contributed by atoms with E-state index in [-0.39, 0.29) is 5.78 Å². The van der Waals surface area contributed by atoms with Crippen LogP contribution in [-0.2, 0) is 6.54 Å². The maximum absolute atomic E-state index is 11.8. The molecule has 2 N–H and O–H groups in total. The molecule has 0 saturated heterocycles. The third-order valence-corrected chi connectivity index (χ3v) is 2.66. The molecule has 0 fully saturated rings. The van der Waals surface area contributed by atoms with E-state index in [0.717, 1.165) is 44.5 Å². The quantitative estimate of drug-likeness (QED) is 0.541. The van der Waals surface area contributed by atoms with Crippen molar-refractivity contribution in [3.8, 4) is 0 Å². The van der Waals surface area contributed by atoms with Gasteiger partial charge in [-0.3, -0.25) is 9.48 Å². The monoisotopic (exact) mass is 223 g/mol. The van der Waals surface area contributed by atoms with Gasteiger partial charge < -0.3 is 5.73 Å². The zero-order chi connectivity index (χ0) is 11.8. The number of nitrogens with two attached hydrogens (primary N) is 1. The Balaban J connectivity index is 2.30.